The molecule has 1 aromatic rings. The zero-order valence-corrected chi connectivity index (χ0v) is 10.8. The Morgan fingerprint density at radius 3 is 3.00 bits per heavy atom. The van der Waals surface area contributed by atoms with Crippen LogP contribution in [0.2, 0.25) is 5.02 Å². The van der Waals surface area contributed by atoms with E-state index in [1.807, 2.05) is 25.1 Å². The first-order valence-electron chi connectivity index (χ1n) is 5.47. The molecule has 17 heavy (non-hydrogen) atoms. The number of halogens is 1. The van der Waals surface area contributed by atoms with Gasteiger partial charge in [0.15, 0.2) is 0 Å². The standard InChI is InChI=1S/C13H16ClNO2/c1-3-17-13(16)8-5-9-15-12-7-4-6-11(14)10(12)2/h4-8,15H,3,9H2,1-2H3/b8-5+. The summed E-state index contributed by atoms with van der Waals surface area (Å²) in [5.74, 6) is -0.322. The molecule has 0 atom stereocenters. The van der Waals surface area contributed by atoms with E-state index in [2.05, 4.69) is 5.32 Å². The topological polar surface area (TPSA) is 38.3 Å². The van der Waals surface area contributed by atoms with Crippen LogP contribution in [0, 0.1) is 6.92 Å². The molecule has 0 amide bonds. The highest BCUT2D eigenvalue weighted by molar-refractivity contribution is 6.31. The van der Waals surface area contributed by atoms with Crippen LogP contribution in [0.15, 0.2) is 30.4 Å². The molecule has 0 fully saturated rings. The van der Waals surface area contributed by atoms with Crippen LogP contribution >= 0.6 is 11.6 Å². The van der Waals surface area contributed by atoms with E-state index in [-0.39, 0.29) is 5.97 Å². The number of anilines is 1. The molecule has 0 saturated carbocycles. The monoisotopic (exact) mass is 253 g/mol. The van der Waals surface area contributed by atoms with Gasteiger partial charge in [0.05, 0.1) is 6.61 Å². The van der Waals surface area contributed by atoms with Gasteiger partial charge in [-0.15, -0.1) is 0 Å². The summed E-state index contributed by atoms with van der Waals surface area (Å²) in [7, 11) is 0. The van der Waals surface area contributed by atoms with Crippen LogP contribution in [-0.4, -0.2) is 19.1 Å². The first kappa shape index (κ1) is 13.6. The van der Waals surface area contributed by atoms with E-state index >= 15 is 0 Å². The number of esters is 1. The number of carbonyl (C=O) groups excluding carboxylic acids is 1. The second-order valence-corrected chi connectivity index (χ2v) is 3.85. The quantitative estimate of drug-likeness (QED) is 0.647. The minimum absolute atomic E-state index is 0.322. The third-order valence-corrected chi connectivity index (χ3v) is 2.63. The lowest BCUT2D eigenvalue weighted by Crippen LogP contribution is -2.03. The lowest BCUT2D eigenvalue weighted by molar-refractivity contribution is -0.137. The molecule has 0 aliphatic rings. The summed E-state index contributed by atoms with van der Waals surface area (Å²) in [6.45, 7) is 4.67. The average Bonchev–Trinajstić information content (AvgIpc) is 2.30. The highest BCUT2D eigenvalue weighted by Crippen LogP contribution is 2.22. The second kappa shape index (κ2) is 6.97. The summed E-state index contributed by atoms with van der Waals surface area (Å²) < 4.78 is 4.76. The molecule has 1 N–H and O–H groups in total. The van der Waals surface area contributed by atoms with Gasteiger partial charge in [-0.05, 0) is 31.5 Å². The van der Waals surface area contributed by atoms with Crippen molar-refractivity contribution in [1.29, 1.82) is 0 Å². The molecule has 0 saturated heterocycles. The average molecular weight is 254 g/mol. The van der Waals surface area contributed by atoms with E-state index in [0.29, 0.717) is 13.2 Å². The highest BCUT2D eigenvalue weighted by Gasteiger charge is 1.99. The van der Waals surface area contributed by atoms with Crippen LogP contribution in [0.3, 0.4) is 0 Å². The fourth-order valence-electron chi connectivity index (χ4n) is 1.31. The van der Waals surface area contributed by atoms with Gasteiger partial charge in [0.1, 0.15) is 0 Å². The minimum atomic E-state index is -0.322. The van der Waals surface area contributed by atoms with Gasteiger partial charge in [-0.25, -0.2) is 4.79 Å². The molecule has 0 spiro atoms. The Balaban J connectivity index is 2.46. The van der Waals surface area contributed by atoms with E-state index in [9.17, 15) is 4.79 Å². The lowest BCUT2D eigenvalue weighted by atomic mass is 10.2. The molecule has 3 nitrogen and oxygen atoms in total. The zero-order chi connectivity index (χ0) is 12.7. The van der Waals surface area contributed by atoms with Gasteiger partial charge in [0, 0.05) is 23.3 Å². The van der Waals surface area contributed by atoms with E-state index in [4.69, 9.17) is 16.3 Å². The molecular weight excluding hydrogens is 238 g/mol. The first-order chi connectivity index (χ1) is 8.15. The maximum Gasteiger partial charge on any atom is 0.330 e. The molecule has 0 bridgehead atoms. The van der Waals surface area contributed by atoms with Crippen LogP contribution in [0.5, 0.6) is 0 Å². The maximum absolute atomic E-state index is 11.0. The van der Waals surface area contributed by atoms with Gasteiger partial charge < -0.3 is 10.1 Å². The Hall–Kier alpha value is -1.48. The van der Waals surface area contributed by atoms with Crippen molar-refractivity contribution in [3.05, 3.63) is 40.9 Å². The van der Waals surface area contributed by atoms with Gasteiger partial charge in [-0.2, -0.15) is 0 Å². The van der Waals surface area contributed by atoms with Crippen molar-refractivity contribution in [2.24, 2.45) is 0 Å². The van der Waals surface area contributed by atoms with Crippen molar-refractivity contribution >= 4 is 23.3 Å². The van der Waals surface area contributed by atoms with Gasteiger partial charge >= 0.3 is 5.97 Å². The van der Waals surface area contributed by atoms with Crippen molar-refractivity contribution in [2.75, 3.05) is 18.5 Å². The van der Waals surface area contributed by atoms with Crippen LogP contribution in [0.4, 0.5) is 5.69 Å². The summed E-state index contributed by atoms with van der Waals surface area (Å²) in [4.78, 5) is 11.0. The summed E-state index contributed by atoms with van der Waals surface area (Å²) in [6, 6.07) is 5.67. The van der Waals surface area contributed by atoms with E-state index in [0.717, 1.165) is 16.3 Å². The summed E-state index contributed by atoms with van der Waals surface area (Å²) >= 11 is 5.99. The largest absolute Gasteiger partial charge is 0.463 e. The normalized spacial score (nSPS) is 10.5. The van der Waals surface area contributed by atoms with Crippen LogP contribution < -0.4 is 5.32 Å². The smallest absolute Gasteiger partial charge is 0.330 e. The zero-order valence-electron chi connectivity index (χ0n) is 10.00. The number of benzene rings is 1. The third kappa shape index (κ3) is 4.49. The maximum atomic E-state index is 11.0. The Morgan fingerprint density at radius 2 is 2.29 bits per heavy atom. The molecule has 4 heteroatoms. The highest BCUT2D eigenvalue weighted by atomic mass is 35.5. The number of rotatable bonds is 5. The van der Waals surface area contributed by atoms with Gasteiger partial charge in [0.25, 0.3) is 0 Å². The van der Waals surface area contributed by atoms with E-state index in [1.54, 1.807) is 13.0 Å². The molecule has 1 aromatic carbocycles. The van der Waals surface area contributed by atoms with Gasteiger partial charge in [0.2, 0.25) is 0 Å². The van der Waals surface area contributed by atoms with Crippen molar-refractivity contribution in [3.63, 3.8) is 0 Å². The Bertz CT molecular complexity index is 416. The Morgan fingerprint density at radius 1 is 1.53 bits per heavy atom. The van der Waals surface area contributed by atoms with Crippen LogP contribution in [-0.2, 0) is 9.53 Å². The van der Waals surface area contributed by atoms with Crippen molar-refractivity contribution < 1.29 is 9.53 Å². The molecule has 0 aliphatic heterocycles. The molecule has 0 radical (unpaired) electrons. The molecule has 92 valence electrons. The van der Waals surface area contributed by atoms with Crippen LogP contribution in [0.1, 0.15) is 12.5 Å². The summed E-state index contributed by atoms with van der Waals surface area (Å²) in [6.07, 6.45) is 3.13. The van der Waals surface area contributed by atoms with E-state index in [1.165, 1.54) is 6.08 Å². The number of hydrogen-bond donors (Lipinski definition) is 1. The number of ether oxygens (including phenoxy) is 1. The Labute approximate surface area is 106 Å². The molecule has 0 heterocycles. The molecule has 0 unspecified atom stereocenters. The van der Waals surface area contributed by atoms with Crippen molar-refractivity contribution in [1.82, 2.24) is 0 Å². The minimum Gasteiger partial charge on any atom is -0.463 e. The van der Waals surface area contributed by atoms with Gasteiger partial charge in [-0.1, -0.05) is 23.7 Å². The fourth-order valence-corrected chi connectivity index (χ4v) is 1.49. The lowest BCUT2D eigenvalue weighted by Gasteiger charge is -2.08. The second-order valence-electron chi connectivity index (χ2n) is 3.45. The van der Waals surface area contributed by atoms with Gasteiger partial charge in [-0.3, -0.25) is 0 Å². The number of nitrogens with one attached hydrogen (secondary N) is 1. The van der Waals surface area contributed by atoms with Crippen LogP contribution in [0.25, 0.3) is 0 Å². The third-order valence-electron chi connectivity index (χ3n) is 2.22. The first-order valence-corrected chi connectivity index (χ1v) is 5.85. The number of hydrogen-bond acceptors (Lipinski definition) is 3. The SMILES string of the molecule is CCOC(=O)/C=C/CNc1cccc(Cl)c1C. The van der Waals surface area contributed by atoms with E-state index < -0.39 is 0 Å². The number of carbonyl (C=O) groups is 1. The summed E-state index contributed by atoms with van der Waals surface area (Å²) in [5, 5.41) is 3.90. The van der Waals surface area contributed by atoms with Crippen molar-refractivity contribution in [3.8, 4) is 0 Å². The predicted molar refractivity (Wildman–Crippen MR) is 70.5 cm³/mol. The Kier molecular flexibility index (Phi) is 5.57. The van der Waals surface area contributed by atoms with Crippen molar-refractivity contribution in [2.45, 2.75) is 13.8 Å². The molecular formula is C13H16ClNO2. The molecule has 1 rings (SSSR count). The molecule has 0 aliphatic carbocycles. The molecule has 0 aromatic heterocycles. The predicted octanol–water partition coefficient (Wildman–Crippen LogP) is 3.18. The summed E-state index contributed by atoms with van der Waals surface area (Å²) in [5.41, 5.74) is 1.96. The fraction of sp³-hybridized carbons (Fsp3) is 0.308.